The number of nitrogens with one attached hydrogen (secondary N) is 1. The van der Waals surface area contributed by atoms with Crippen LogP contribution in [0.2, 0.25) is 0 Å². The zero-order valence-corrected chi connectivity index (χ0v) is 18.6. The van der Waals surface area contributed by atoms with Crippen LogP contribution in [0, 0.1) is 0 Å². The number of amides is 1. The second-order valence-corrected chi connectivity index (χ2v) is 9.39. The molecule has 0 atom stereocenters. The Morgan fingerprint density at radius 3 is 2.31 bits per heavy atom. The fourth-order valence-electron chi connectivity index (χ4n) is 3.60. The number of carbonyl (C=O) groups is 2. The molecule has 3 aromatic carbocycles. The number of sulfonamides is 1. The number of hydrogen-bond donors (Lipinski definition) is 2. The lowest BCUT2D eigenvalue weighted by atomic mass is 10.1. The fraction of sp³-hybridized carbons (Fsp3) is 0.130. The summed E-state index contributed by atoms with van der Waals surface area (Å²) in [7, 11) is -4.25. The Morgan fingerprint density at radius 1 is 0.971 bits per heavy atom. The molecule has 0 fully saturated rings. The highest BCUT2D eigenvalue weighted by atomic mass is 32.2. The van der Waals surface area contributed by atoms with Crippen LogP contribution in [0.5, 0.6) is 5.75 Å². The number of benzene rings is 3. The van der Waals surface area contributed by atoms with E-state index in [1.54, 1.807) is 6.07 Å². The molecular formula is C23H17F3N2O6S. The predicted octanol–water partition coefficient (Wildman–Crippen LogP) is 4.29. The summed E-state index contributed by atoms with van der Waals surface area (Å²) in [6.45, 7) is 0.0454. The maximum absolute atomic E-state index is 13.2. The SMILES string of the molecule is O=C(O)c1ccc(NC(=O)c2ccc3c(c2)N(S(=O)(=O)c2cccc(OC(F)(F)F)c2)CC3)cc1. The van der Waals surface area contributed by atoms with E-state index in [4.69, 9.17) is 5.11 Å². The lowest BCUT2D eigenvalue weighted by Crippen LogP contribution is -2.29. The number of alkyl halides is 3. The molecule has 35 heavy (non-hydrogen) atoms. The van der Waals surface area contributed by atoms with Crippen molar-refractivity contribution < 1.29 is 41.0 Å². The van der Waals surface area contributed by atoms with Gasteiger partial charge in [0.1, 0.15) is 5.75 Å². The van der Waals surface area contributed by atoms with E-state index in [0.29, 0.717) is 17.7 Å². The number of carboxylic acid groups (broad SMARTS) is 1. The van der Waals surface area contributed by atoms with E-state index in [2.05, 4.69) is 10.1 Å². The van der Waals surface area contributed by atoms with Crippen LogP contribution >= 0.6 is 0 Å². The maximum Gasteiger partial charge on any atom is 0.573 e. The Kier molecular flexibility index (Phi) is 6.15. The molecule has 0 unspecified atom stereocenters. The number of aromatic carboxylic acids is 1. The Balaban J connectivity index is 1.59. The number of halogens is 3. The van der Waals surface area contributed by atoms with Crippen LogP contribution in [0.3, 0.4) is 0 Å². The van der Waals surface area contributed by atoms with Crippen LogP contribution in [0.4, 0.5) is 24.5 Å². The molecule has 1 heterocycles. The van der Waals surface area contributed by atoms with E-state index < -0.39 is 34.0 Å². The molecule has 0 aromatic heterocycles. The molecule has 1 aliphatic heterocycles. The van der Waals surface area contributed by atoms with Crippen LogP contribution in [0.25, 0.3) is 0 Å². The topological polar surface area (TPSA) is 113 Å². The Morgan fingerprint density at radius 2 is 1.66 bits per heavy atom. The summed E-state index contributed by atoms with van der Waals surface area (Å²) in [4.78, 5) is 23.3. The largest absolute Gasteiger partial charge is 0.573 e. The van der Waals surface area contributed by atoms with Gasteiger partial charge in [0, 0.05) is 23.9 Å². The number of rotatable bonds is 6. The van der Waals surface area contributed by atoms with Gasteiger partial charge in [0.05, 0.1) is 16.1 Å². The van der Waals surface area contributed by atoms with Crippen molar-refractivity contribution in [2.75, 3.05) is 16.2 Å². The van der Waals surface area contributed by atoms with E-state index in [1.165, 1.54) is 36.4 Å². The normalized spacial score (nSPS) is 13.3. The summed E-state index contributed by atoms with van der Waals surface area (Å²) in [5.74, 6) is -2.33. The molecule has 0 spiro atoms. The maximum atomic E-state index is 13.2. The summed E-state index contributed by atoms with van der Waals surface area (Å²) in [6, 6.07) is 14.1. The zero-order valence-electron chi connectivity index (χ0n) is 17.7. The summed E-state index contributed by atoms with van der Waals surface area (Å²) in [5, 5.41) is 11.6. The number of nitrogens with zero attached hydrogens (tertiary/aromatic N) is 1. The van der Waals surface area contributed by atoms with Gasteiger partial charge >= 0.3 is 12.3 Å². The van der Waals surface area contributed by atoms with Gasteiger partial charge in [-0.15, -0.1) is 13.2 Å². The minimum absolute atomic E-state index is 0.0454. The van der Waals surface area contributed by atoms with Crippen LogP contribution in [-0.2, 0) is 16.4 Å². The van der Waals surface area contributed by atoms with Crippen LogP contribution in [0.1, 0.15) is 26.3 Å². The third-order valence-electron chi connectivity index (χ3n) is 5.22. The van der Waals surface area contributed by atoms with E-state index in [9.17, 15) is 31.2 Å². The van der Waals surface area contributed by atoms with Crippen LogP contribution in [0.15, 0.2) is 71.6 Å². The third-order valence-corrected chi connectivity index (χ3v) is 7.03. The standard InChI is InChI=1S/C23H17F3N2O6S/c24-23(25,26)34-18-2-1-3-19(13-18)35(32,33)28-11-10-14-4-5-16(12-20(14)28)21(29)27-17-8-6-15(7-9-17)22(30)31/h1-9,12-13H,10-11H2,(H,27,29)(H,30,31). The van der Waals surface area contributed by atoms with Crippen molar-refractivity contribution in [3.8, 4) is 5.75 Å². The molecule has 3 aromatic rings. The van der Waals surface area contributed by atoms with Crippen LogP contribution < -0.4 is 14.4 Å². The third kappa shape index (κ3) is 5.22. The van der Waals surface area contributed by atoms with Crippen molar-refractivity contribution >= 4 is 33.3 Å². The van der Waals surface area contributed by atoms with Gasteiger partial charge in [-0.1, -0.05) is 12.1 Å². The highest BCUT2D eigenvalue weighted by Crippen LogP contribution is 2.35. The van der Waals surface area contributed by atoms with Gasteiger partial charge in [-0.05, 0) is 60.5 Å². The summed E-state index contributed by atoms with van der Waals surface area (Å²) < 4.78 is 69.0. The number of fused-ring (bicyclic) bond motifs is 1. The quantitative estimate of drug-likeness (QED) is 0.516. The first-order valence-electron chi connectivity index (χ1n) is 10.1. The van der Waals surface area contributed by atoms with Gasteiger partial charge in [-0.25, -0.2) is 13.2 Å². The van der Waals surface area contributed by atoms with Crippen molar-refractivity contribution in [2.24, 2.45) is 0 Å². The van der Waals surface area contributed by atoms with Gasteiger partial charge in [0.15, 0.2) is 0 Å². The number of carboxylic acids is 1. The second kappa shape index (κ2) is 8.95. The number of hydrogen-bond acceptors (Lipinski definition) is 5. The smallest absolute Gasteiger partial charge is 0.478 e. The Hall–Kier alpha value is -4.06. The van der Waals surface area contributed by atoms with Crippen molar-refractivity contribution in [3.05, 3.63) is 83.4 Å². The average molecular weight is 506 g/mol. The van der Waals surface area contributed by atoms with Crippen molar-refractivity contribution in [1.29, 1.82) is 0 Å². The van der Waals surface area contributed by atoms with E-state index >= 15 is 0 Å². The van der Waals surface area contributed by atoms with Crippen LogP contribution in [-0.4, -0.2) is 38.3 Å². The van der Waals surface area contributed by atoms with Crippen molar-refractivity contribution in [3.63, 3.8) is 0 Å². The molecule has 0 aliphatic carbocycles. The molecule has 1 aliphatic rings. The minimum Gasteiger partial charge on any atom is -0.478 e. The van der Waals surface area contributed by atoms with E-state index in [-0.39, 0.29) is 28.3 Å². The molecule has 0 saturated carbocycles. The predicted molar refractivity (Wildman–Crippen MR) is 119 cm³/mol. The zero-order chi connectivity index (χ0) is 25.4. The molecule has 4 rings (SSSR count). The summed E-state index contributed by atoms with van der Waals surface area (Å²) >= 11 is 0. The first-order valence-corrected chi connectivity index (χ1v) is 11.5. The molecule has 8 nitrogen and oxygen atoms in total. The van der Waals surface area contributed by atoms with Gasteiger partial charge < -0.3 is 15.2 Å². The molecule has 12 heteroatoms. The highest BCUT2D eigenvalue weighted by molar-refractivity contribution is 7.92. The van der Waals surface area contributed by atoms with Gasteiger partial charge in [0.25, 0.3) is 15.9 Å². The van der Waals surface area contributed by atoms with Gasteiger partial charge in [-0.2, -0.15) is 0 Å². The van der Waals surface area contributed by atoms with Gasteiger partial charge in [0.2, 0.25) is 0 Å². The lowest BCUT2D eigenvalue weighted by Gasteiger charge is -2.20. The molecule has 0 radical (unpaired) electrons. The Labute approximate surface area is 197 Å². The summed E-state index contributed by atoms with van der Waals surface area (Å²) in [5.41, 5.74) is 1.42. The summed E-state index contributed by atoms with van der Waals surface area (Å²) in [6.07, 6.45) is -4.62. The first kappa shape index (κ1) is 24.1. The Bertz CT molecular complexity index is 1410. The monoisotopic (exact) mass is 506 g/mol. The first-order chi connectivity index (χ1) is 16.4. The average Bonchev–Trinajstić information content (AvgIpc) is 3.22. The van der Waals surface area contributed by atoms with Crippen molar-refractivity contribution in [2.45, 2.75) is 17.7 Å². The fourth-order valence-corrected chi connectivity index (χ4v) is 5.13. The lowest BCUT2D eigenvalue weighted by molar-refractivity contribution is -0.274. The molecule has 0 saturated heterocycles. The molecule has 0 bridgehead atoms. The van der Waals surface area contributed by atoms with Gasteiger partial charge in [-0.3, -0.25) is 9.10 Å². The van der Waals surface area contributed by atoms with Crippen molar-refractivity contribution in [1.82, 2.24) is 0 Å². The number of ether oxygens (including phenoxy) is 1. The second-order valence-electron chi connectivity index (χ2n) is 7.53. The van der Waals surface area contributed by atoms with E-state index in [1.807, 2.05) is 0 Å². The number of carbonyl (C=O) groups excluding carboxylic acids is 1. The highest BCUT2D eigenvalue weighted by Gasteiger charge is 2.34. The molecule has 1 amide bonds. The molecule has 2 N–H and O–H groups in total. The minimum atomic E-state index is -4.97. The molecule has 182 valence electrons. The number of anilines is 2. The molecular weight excluding hydrogens is 489 g/mol. The van der Waals surface area contributed by atoms with E-state index in [0.717, 1.165) is 28.6 Å².